The molecule has 0 saturated carbocycles. The molecule has 0 bridgehead atoms. The zero-order valence-electron chi connectivity index (χ0n) is 14.8. The Balaban J connectivity index is 1.51. The summed E-state index contributed by atoms with van der Waals surface area (Å²) in [6.07, 6.45) is 2.94. The summed E-state index contributed by atoms with van der Waals surface area (Å²) in [6, 6.07) is 15.8. The van der Waals surface area contributed by atoms with Gasteiger partial charge in [-0.1, -0.05) is 31.2 Å². The van der Waals surface area contributed by atoms with E-state index in [1.165, 1.54) is 0 Å². The first-order valence-corrected chi connectivity index (χ1v) is 9.07. The van der Waals surface area contributed by atoms with Crippen LogP contribution in [0.5, 0.6) is 0 Å². The monoisotopic (exact) mass is 347 g/mol. The maximum atomic E-state index is 12.4. The van der Waals surface area contributed by atoms with Crippen LogP contribution >= 0.6 is 0 Å². The molecule has 1 aromatic heterocycles. The van der Waals surface area contributed by atoms with Gasteiger partial charge in [-0.25, -0.2) is 0 Å². The number of nitrogens with zero attached hydrogens (tertiary/aromatic N) is 3. The number of amides is 1. The Morgan fingerprint density at radius 3 is 2.08 bits per heavy atom. The van der Waals surface area contributed by atoms with Crippen molar-refractivity contribution in [2.45, 2.75) is 26.2 Å². The van der Waals surface area contributed by atoms with Crippen LogP contribution in [0.2, 0.25) is 0 Å². The van der Waals surface area contributed by atoms with Gasteiger partial charge in [0.15, 0.2) is 0 Å². The Labute approximate surface area is 152 Å². The second kappa shape index (κ2) is 7.12. The van der Waals surface area contributed by atoms with E-state index in [1.807, 2.05) is 60.4 Å². The predicted molar refractivity (Wildman–Crippen MR) is 99.7 cm³/mol. The van der Waals surface area contributed by atoms with Gasteiger partial charge in [-0.2, -0.15) is 0 Å². The fourth-order valence-electron chi connectivity index (χ4n) is 3.23. The van der Waals surface area contributed by atoms with Crippen LogP contribution in [-0.2, 0) is 6.42 Å². The van der Waals surface area contributed by atoms with Crippen LogP contribution in [0, 0.1) is 0 Å². The van der Waals surface area contributed by atoms with Gasteiger partial charge in [-0.15, -0.1) is 10.2 Å². The van der Waals surface area contributed by atoms with E-state index in [-0.39, 0.29) is 5.91 Å². The van der Waals surface area contributed by atoms with Crippen LogP contribution < -0.4 is 0 Å². The van der Waals surface area contributed by atoms with Gasteiger partial charge in [0.2, 0.25) is 11.8 Å². The number of rotatable bonds is 4. The van der Waals surface area contributed by atoms with Crippen molar-refractivity contribution in [3.8, 4) is 22.6 Å². The summed E-state index contributed by atoms with van der Waals surface area (Å²) in [5, 5.41) is 8.07. The molecular formula is C21H21N3O2. The molecule has 0 aliphatic carbocycles. The van der Waals surface area contributed by atoms with E-state index in [0.29, 0.717) is 11.8 Å². The third-order valence-electron chi connectivity index (χ3n) is 4.76. The van der Waals surface area contributed by atoms with E-state index in [2.05, 4.69) is 10.2 Å². The van der Waals surface area contributed by atoms with E-state index in [9.17, 15) is 4.79 Å². The minimum atomic E-state index is 0.132. The standard InChI is InChI=1S/C21H21N3O2/c1-2-19-22-23-20(26-19)17-9-5-15(6-10-17)16-7-11-18(12-8-16)21(25)24-13-3-4-14-24/h5-12H,2-4,13-14H2,1H3. The molecule has 3 aromatic rings. The molecule has 1 fully saturated rings. The minimum absolute atomic E-state index is 0.132. The summed E-state index contributed by atoms with van der Waals surface area (Å²) < 4.78 is 5.59. The maximum Gasteiger partial charge on any atom is 0.253 e. The summed E-state index contributed by atoms with van der Waals surface area (Å²) in [6.45, 7) is 3.73. The first kappa shape index (κ1) is 16.5. The number of hydrogen-bond donors (Lipinski definition) is 0. The van der Waals surface area contributed by atoms with Crippen molar-refractivity contribution in [2.24, 2.45) is 0 Å². The topological polar surface area (TPSA) is 59.2 Å². The van der Waals surface area contributed by atoms with E-state index in [0.717, 1.165) is 54.6 Å². The van der Waals surface area contributed by atoms with Gasteiger partial charge < -0.3 is 9.32 Å². The van der Waals surface area contributed by atoms with Crippen LogP contribution in [0.25, 0.3) is 22.6 Å². The number of carbonyl (C=O) groups is 1. The Morgan fingerprint density at radius 1 is 0.923 bits per heavy atom. The van der Waals surface area contributed by atoms with E-state index < -0.39 is 0 Å². The Hall–Kier alpha value is -2.95. The minimum Gasteiger partial charge on any atom is -0.421 e. The molecule has 0 unspecified atom stereocenters. The summed E-state index contributed by atoms with van der Waals surface area (Å²) in [5.74, 6) is 1.31. The number of hydrogen-bond acceptors (Lipinski definition) is 4. The van der Waals surface area contributed by atoms with Crippen molar-refractivity contribution >= 4 is 5.91 Å². The molecule has 1 aliphatic rings. The van der Waals surface area contributed by atoms with Crippen molar-refractivity contribution in [3.05, 3.63) is 60.0 Å². The van der Waals surface area contributed by atoms with Gasteiger partial charge in [0.25, 0.3) is 5.91 Å². The Bertz CT molecular complexity index is 892. The number of benzene rings is 2. The summed E-state index contributed by atoms with van der Waals surface area (Å²) in [5.41, 5.74) is 3.82. The molecule has 26 heavy (non-hydrogen) atoms. The Morgan fingerprint density at radius 2 is 1.50 bits per heavy atom. The second-order valence-corrected chi connectivity index (χ2v) is 6.51. The predicted octanol–water partition coefficient (Wildman–Crippen LogP) is 4.20. The molecule has 132 valence electrons. The average Bonchev–Trinajstić information content (AvgIpc) is 3.40. The van der Waals surface area contributed by atoms with Gasteiger partial charge in [0.05, 0.1) is 0 Å². The lowest BCUT2D eigenvalue weighted by atomic mass is 10.0. The van der Waals surface area contributed by atoms with E-state index in [1.54, 1.807) is 0 Å². The van der Waals surface area contributed by atoms with Crippen LogP contribution in [0.4, 0.5) is 0 Å². The largest absolute Gasteiger partial charge is 0.421 e. The van der Waals surface area contributed by atoms with Crippen molar-refractivity contribution in [1.82, 2.24) is 15.1 Å². The molecule has 1 saturated heterocycles. The lowest BCUT2D eigenvalue weighted by Crippen LogP contribution is -2.27. The van der Waals surface area contributed by atoms with Crippen LogP contribution in [-0.4, -0.2) is 34.1 Å². The molecule has 1 aliphatic heterocycles. The van der Waals surface area contributed by atoms with Crippen molar-refractivity contribution in [1.29, 1.82) is 0 Å². The number of likely N-dealkylation sites (tertiary alicyclic amines) is 1. The van der Waals surface area contributed by atoms with Gasteiger partial charge in [-0.3, -0.25) is 4.79 Å². The van der Waals surface area contributed by atoms with E-state index in [4.69, 9.17) is 4.42 Å². The average molecular weight is 347 g/mol. The number of carbonyl (C=O) groups excluding carboxylic acids is 1. The van der Waals surface area contributed by atoms with Gasteiger partial charge in [0.1, 0.15) is 0 Å². The normalized spacial score (nSPS) is 14.0. The van der Waals surface area contributed by atoms with Crippen LogP contribution in [0.1, 0.15) is 36.0 Å². The highest BCUT2D eigenvalue weighted by Gasteiger charge is 2.19. The van der Waals surface area contributed by atoms with Crippen molar-refractivity contribution in [3.63, 3.8) is 0 Å². The molecule has 1 amide bonds. The maximum absolute atomic E-state index is 12.4. The number of aromatic nitrogens is 2. The molecule has 2 aromatic carbocycles. The van der Waals surface area contributed by atoms with Gasteiger partial charge in [0, 0.05) is 30.6 Å². The lowest BCUT2D eigenvalue weighted by molar-refractivity contribution is 0.0793. The van der Waals surface area contributed by atoms with E-state index >= 15 is 0 Å². The fourth-order valence-corrected chi connectivity index (χ4v) is 3.23. The fraction of sp³-hybridized carbons (Fsp3) is 0.286. The second-order valence-electron chi connectivity index (χ2n) is 6.51. The lowest BCUT2D eigenvalue weighted by Gasteiger charge is -2.15. The first-order chi connectivity index (χ1) is 12.7. The zero-order chi connectivity index (χ0) is 17.9. The molecule has 5 heteroatoms. The third-order valence-corrected chi connectivity index (χ3v) is 4.76. The van der Waals surface area contributed by atoms with Gasteiger partial charge in [-0.05, 0) is 48.2 Å². The van der Waals surface area contributed by atoms with Crippen LogP contribution in [0.15, 0.2) is 52.9 Å². The van der Waals surface area contributed by atoms with Crippen LogP contribution in [0.3, 0.4) is 0 Å². The zero-order valence-corrected chi connectivity index (χ0v) is 14.8. The summed E-state index contributed by atoms with van der Waals surface area (Å²) in [4.78, 5) is 14.4. The molecule has 2 heterocycles. The van der Waals surface area contributed by atoms with Crippen molar-refractivity contribution in [2.75, 3.05) is 13.1 Å². The highest BCUT2D eigenvalue weighted by Crippen LogP contribution is 2.25. The molecule has 0 atom stereocenters. The summed E-state index contributed by atoms with van der Waals surface area (Å²) >= 11 is 0. The molecule has 0 radical (unpaired) electrons. The molecular weight excluding hydrogens is 326 g/mol. The SMILES string of the molecule is CCc1nnc(-c2ccc(-c3ccc(C(=O)N4CCCC4)cc3)cc2)o1. The highest BCUT2D eigenvalue weighted by molar-refractivity contribution is 5.94. The Kier molecular flexibility index (Phi) is 4.52. The summed E-state index contributed by atoms with van der Waals surface area (Å²) in [7, 11) is 0. The molecule has 4 rings (SSSR count). The van der Waals surface area contributed by atoms with Gasteiger partial charge >= 0.3 is 0 Å². The first-order valence-electron chi connectivity index (χ1n) is 9.07. The molecule has 0 N–H and O–H groups in total. The highest BCUT2D eigenvalue weighted by atomic mass is 16.4. The smallest absolute Gasteiger partial charge is 0.253 e. The molecule has 5 nitrogen and oxygen atoms in total. The third kappa shape index (κ3) is 3.25. The number of aryl methyl sites for hydroxylation is 1. The quantitative estimate of drug-likeness (QED) is 0.709. The molecule has 0 spiro atoms. The van der Waals surface area contributed by atoms with Crippen molar-refractivity contribution < 1.29 is 9.21 Å².